The van der Waals surface area contributed by atoms with E-state index >= 15 is 0 Å². The van der Waals surface area contributed by atoms with Crippen molar-refractivity contribution in [2.75, 3.05) is 0 Å². The van der Waals surface area contributed by atoms with Gasteiger partial charge in [-0.3, -0.25) is 0 Å². The minimum absolute atomic E-state index is 0.0235. The highest BCUT2D eigenvalue weighted by Gasteiger charge is 1.98. The smallest absolute Gasteiger partial charge is 0.311 e. The number of hydrogen-bond acceptors (Lipinski definition) is 6. The van der Waals surface area contributed by atoms with E-state index in [1.54, 1.807) is 6.92 Å². The average Bonchev–Trinajstić information content (AvgIpc) is 1.99. The van der Waals surface area contributed by atoms with E-state index < -0.39 is 10.2 Å². The third-order valence-corrected chi connectivity index (χ3v) is 0.941. The monoisotopic (exact) mass is 197 g/mol. The fourth-order valence-corrected chi connectivity index (χ4v) is 0.216. The molecule has 78 valence electrons. The Bertz CT molecular complexity index is 158. The van der Waals surface area contributed by atoms with E-state index in [4.69, 9.17) is 15.3 Å². The van der Waals surface area contributed by atoms with E-state index in [0.29, 0.717) is 0 Å². The van der Waals surface area contributed by atoms with Gasteiger partial charge in [-0.05, 0) is 13.3 Å². The van der Waals surface area contributed by atoms with Gasteiger partial charge in [-0.15, -0.1) is 20.2 Å². The van der Waals surface area contributed by atoms with E-state index in [2.05, 4.69) is 10.4 Å². The molecule has 9 heteroatoms. The summed E-state index contributed by atoms with van der Waals surface area (Å²) in [6.45, 7) is 3.70. The summed E-state index contributed by atoms with van der Waals surface area (Å²) in [4.78, 5) is 21.8. The summed E-state index contributed by atoms with van der Waals surface area (Å²) in [5, 5.41) is 22.3. The Balaban J connectivity index is 0. The molecule has 0 spiro atoms. The maximum atomic E-state index is 9.54. The number of hydrogen-bond donors (Lipinski definition) is 2. The molecule has 0 saturated heterocycles. The van der Waals surface area contributed by atoms with Crippen molar-refractivity contribution in [3.05, 3.63) is 20.2 Å². The highest BCUT2D eigenvalue weighted by atomic mass is 17.0. The van der Waals surface area contributed by atoms with E-state index in [-0.39, 0.29) is 6.04 Å². The van der Waals surface area contributed by atoms with Crippen LogP contribution in [0.2, 0.25) is 0 Å². The van der Waals surface area contributed by atoms with Crippen LogP contribution in [-0.2, 0) is 4.94 Å². The number of nitrogens with zero attached hydrogens (tertiary/aromatic N) is 2. The van der Waals surface area contributed by atoms with Crippen molar-refractivity contribution in [2.45, 2.75) is 26.3 Å². The van der Waals surface area contributed by atoms with Crippen molar-refractivity contribution in [3.8, 4) is 0 Å². The zero-order valence-corrected chi connectivity index (χ0v) is 7.17. The molecule has 0 rings (SSSR count). The zero-order valence-electron chi connectivity index (χ0n) is 7.17. The highest BCUT2D eigenvalue weighted by Crippen LogP contribution is 1.86. The molecular formula is C4H11N3O6. The normalized spacial score (nSPS) is 10.6. The van der Waals surface area contributed by atoms with Crippen LogP contribution in [0.5, 0.6) is 0 Å². The van der Waals surface area contributed by atoms with Crippen molar-refractivity contribution in [3.63, 3.8) is 0 Å². The standard InChI is InChI=1S/C4H10N2O3.HNO3/c1-3-4(2)5-9-6(7)8;2-1(3)4/h4-5H,3H2,1-2H3;(H,2,3,4)/t4-;/m1./s1. The summed E-state index contributed by atoms with van der Waals surface area (Å²) < 4.78 is 0. The third-order valence-electron chi connectivity index (χ3n) is 0.941. The average molecular weight is 197 g/mol. The van der Waals surface area contributed by atoms with Gasteiger partial charge in [-0.25, -0.2) is 4.94 Å². The lowest BCUT2D eigenvalue weighted by Crippen LogP contribution is -2.27. The zero-order chi connectivity index (χ0) is 10.9. The van der Waals surface area contributed by atoms with Crippen LogP contribution in [-0.4, -0.2) is 21.4 Å². The summed E-state index contributed by atoms with van der Waals surface area (Å²) >= 11 is 0. The molecule has 0 aliphatic heterocycles. The molecule has 0 aromatic heterocycles. The molecule has 0 radical (unpaired) electrons. The predicted molar refractivity (Wildman–Crippen MR) is 39.7 cm³/mol. The van der Waals surface area contributed by atoms with Gasteiger partial charge in [0.25, 0.3) is 5.09 Å². The van der Waals surface area contributed by atoms with Gasteiger partial charge in [-0.2, -0.15) is 5.48 Å². The Labute approximate surface area is 73.5 Å². The second kappa shape index (κ2) is 8.46. The van der Waals surface area contributed by atoms with Crippen LogP contribution in [0, 0.1) is 20.2 Å². The minimum Gasteiger partial charge on any atom is -0.328 e. The summed E-state index contributed by atoms with van der Waals surface area (Å²) in [5.41, 5.74) is 2.23. The van der Waals surface area contributed by atoms with Crippen molar-refractivity contribution < 1.29 is 20.3 Å². The number of rotatable bonds is 4. The van der Waals surface area contributed by atoms with Crippen molar-refractivity contribution in [1.29, 1.82) is 0 Å². The molecule has 2 N–H and O–H groups in total. The van der Waals surface area contributed by atoms with Crippen molar-refractivity contribution in [2.24, 2.45) is 0 Å². The molecule has 1 atom stereocenters. The molecule has 0 saturated carbocycles. The van der Waals surface area contributed by atoms with Gasteiger partial charge in [0.1, 0.15) is 0 Å². The fourth-order valence-electron chi connectivity index (χ4n) is 0.216. The summed E-state index contributed by atoms with van der Waals surface area (Å²) in [6.07, 6.45) is 0.799. The molecule has 0 amide bonds. The quantitative estimate of drug-likeness (QED) is 0.484. The second-order valence-corrected chi connectivity index (χ2v) is 1.98. The van der Waals surface area contributed by atoms with E-state index in [0.717, 1.165) is 6.42 Å². The van der Waals surface area contributed by atoms with Gasteiger partial charge in [0.2, 0.25) is 0 Å². The Morgan fingerprint density at radius 2 is 1.92 bits per heavy atom. The van der Waals surface area contributed by atoms with Crippen LogP contribution in [0.3, 0.4) is 0 Å². The van der Waals surface area contributed by atoms with Crippen LogP contribution in [0.1, 0.15) is 20.3 Å². The SMILES string of the molecule is CC[C@@H](C)NO[N+](=O)[O-].O=[N+]([O-])O. The van der Waals surface area contributed by atoms with Gasteiger partial charge in [0.05, 0.1) is 0 Å². The van der Waals surface area contributed by atoms with Gasteiger partial charge in [-0.1, -0.05) is 6.92 Å². The molecule has 0 aliphatic carbocycles. The molecule has 9 nitrogen and oxygen atoms in total. The van der Waals surface area contributed by atoms with Crippen LogP contribution in [0.25, 0.3) is 0 Å². The van der Waals surface area contributed by atoms with Crippen molar-refractivity contribution in [1.82, 2.24) is 5.48 Å². The minimum atomic E-state index is -1.50. The van der Waals surface area contributed by atoms with E-state index in [1.165, 1.54) is 0 Å². The maximum absolute atomic E-state index is 9.54. The molecule has 0 unspecified atom stereocenters. The summed E-state index contributed by atoms with van der Waals surface area (Å²) in [6, 6.07) is 0.0235. The number of hydroxylamine groups is 1. The van der Waals surface area contributed by atoms with Crippen LogP contribution >= 0.6 is 0 Å². The Morgan fingerprint density at radius 3 is 2.15 bits per heavy atom. The predicted octanol–water partition coefficient (Wildman–Crippen LogP) is 0.150. The van der Waals surface area contributed by atoms with E-state index in [1.807, 2.05) is 6.92 Å². The van der Waals surface area contributed by atoms with Gasteiger partial charge < -0.3 is 5.21 Å². The highest BCUT2D eigenvalue weighted by molar-refractivity contribution is 4.46. The lowest BCUT2D eigenvalue weighted by molar-refractivity contribution is -0.777. The van der Waals surface area contributed by atoms with E-state index in [9.17, 15) is 10.1 Å². The second-order valence-electron chi connectivity index (χ2n) is 1.98. The van der Waals surface area contributed by atoms with Gasteiger partial charge >= 0.3 is 5.09 Å². The molecule has 13 heavy (non-hydrogen) atoms. The first kappa shape index (κ1) is 13.9. The van der Waals surface area contributed by atoms with Crippen LogP contribution in [0.4, 0.5) is 0 Å². The summed E-state index contributed by atoms with van der Waals surface area (Å²) in [7, 11) is 0. The first-order chi connectivity index (χ1) is 5.90. The molecule has 0 aliphatic rings. The first-order valence-electron chi connectivity index (χ1n) is 3.30. The van der Waals surface area contributed by atoms with Gasteiger partial charge in [0.15, 0.2) is 0 Å². The Hall–Kier alpha value is -1.64. The lowest BCUT2D eigenvalue weighted by atomic mass is 10.3. The first-order valence-corrected chi connectivity index (χ1v) is 3.30. The number of nitrogens with one attached hydrogen (secondary N) is 1. The molecule has 0 bridgehead atoms. The van der Waals surface area contributed by atoms with Crippen molar-refractivity contribution >= 4 is 0 Å². The third kappa shape index (κ3) is 25.2. The largest absolute Gasteiger partial charge is 0.328 e. The molecule has 0 fully saturated rings. The lowest BCUT2D eigenvalue weighted by Gasteiger charge is -2.06. The molecular weight excluding hydrogens is 186 g/mol. The topological polar surface area (TPSA) is 128 Å². The molecule has 0 heterocycles. The summed E-state index contributed by atoms with van der Waals surface area (Å²) in [5.74, 6) is 0. The fraction of sp³-hybridized carbons (Fsp3) is 1.00. The maximum Gasteiger partial charge on any atom is 0.311 e. The molecule has 0 aromatic carbocycles. The van der Waals surface area contributed by atoms with Gasteiger partial charge in [0, 0.05) is 6.04 Å². The molecule has 0 aromatic rings. The Morgan fingerprint density at radius 1 is 1.54 bits per heavy atom. The van der Waals surface area contributed by atoms with Crippen LogP contribution in [0.15, 0.2) is 0 Å². The Kier molecular flexibility index (Phi) is 9.05. The van der Waals surface area contributed by atoms with Crippen LogP contribution < -0.4 is 5.48 Å².